The summed E-state index contributed by atoms with van der Waals surface area (Å²) in [7, 11) is 0. The molecule has 0 N–H and O–H groups in total. The van der Waals surface area contributed by atoms with E-state index in [1.807, 2.05) is 0 Å². The van der Waals surface area contributed by atoms with Gasteiger partial charge in [0.1, 0.15) is 5.75 Å². The third-order valence-electron chi connectivity index (χ3n) is 6.77. The van der Waals surface area contributed by atoms with Gasteiger partial charge in [-0.25, -0.2) is 0 Å². The lowest BCUT2D eigenvalue weighted by Gasteiger charge is -2.30. The van der Waals surface area contributed by atoms with Crippen molar-refractivity contribution in [3.05, 3.63) is 59.9 Å². The monoisotopic (exact) mass is 475 g/mol. The molecule has 1 aliphatic carbocycles. The Kier molecular flexibility index (Phi) is 12.0. The highest BCUT2D eigenvalue weighted by Gasteiger charge is 2.24. The van der Waals surface area contributed by atoms with Crippen molar-refractivity contribution >= 4 is 0 Å². The molecule has 2 atom stereocenters. The number of unbranched alkanes of at least 4 members (excludes halogenated alkanes) is 1. The summed E-state index contributed by atoms with van der Waals surface area (Å²) in [4.78, 5) is 3.80. The summed E-state index contributed by atoms with van der Waals surface area (Å²) in [6.45, 7) is 10.3. The molecule has 3 nitrogen and oxygen atoms in total. The molecule has 0 radical (unpaired) electrons. The predicted molar refractivity (Wildman–Crippen MR) is 135 cm³/mol. The maximum absolute atomic E-state index is 12.3. The highest BCUT2D eigenvalue weighted by atomic mass is 19.3. The largest absolute Gasteiger partial charge is 0.431 e. The Morgan fingerprint density at radius 1 is 1.00 bits per heavy atom. The fourth-order valence-electron chi connectivity index (χ4n) is 4.32. The quantitative estimate of drug-likeness (QED) is 0.345. The number of hydrogen-bond acceptors (Lipinski definition) is 3. The summed E-state index contributed by atoms with van der Waals surface area (Å²) in [6, 6.07) is 14.0. The molecule has 3 rings (SSSR count). The van der Waals surface area contributed by atoms with Crippen molar-refractivity contribution in [3.63, 3.8) is 0 Å². The molecule has 0 aliphatic heterocycles. The van der Waals surface area contributed by atoms with E-state index in [0.29, 0.717) is 24.6 Å². The number of aryl methyl sites for hydroxylation is 1. The van der Waals surface area contributed by atoms with Gasteiger partial charge >= 0.3 is 6.11 Å². The minimum atomic E-state index is -3.15. The second kappa shape index (κ2) is 14.4. The van der Waals surface area contributed by atoms with Crippen LogP contribution in [0.1, 0.15) is 89.8 Å². The van der Waals surface area contributed by atoms with Crippen LogP contribution in [-0.4, -0.2) is 23.8 Å². The summed E-state index contributed by atoms with van der Waals surface area (Å²) in [5, 5.41) is 0. The number of pyridine rings is 1. The van der Waals surface area contributed by atoms with Crippen molar-refractivity contribution in [3.8, 4) is 5.75 Å². The lowest BCUT2D eigenvalue weighted by Crippen LogP contribution is -2.24. The Bertz CT molecular complexity index is 801. The summed E-state index contributed by atoms with van der Waals surface area (Å²) in [5.74, 6) is 2.35. The highest BCUT2D eigenvalue weighted by molar-refractivity contribution is 5.25. The number of benzene rings is 1. The van der Waals surface area contributed by atoms with Crippen LogP contribution in [0.25, 0.3) is 0 Å². The third-order valence-corrected chi connectivity index (χ3v) is 6.77. The molecule has 0 bridgehead atoms. The number of rotatable bonds is 10. The Morgan fingerprint density at radius 3 is 2.26 bits per heavy atom. The summed E-state index contributed by atoms with van der Waals surface area (Å²) >= 11 is 0. The van der Waals surface area contributed by atoms with E-state index in [1.165, 1.54) is 62.8 Å². The molecule has 2 aromatic rings. The number of nitrogens with zero attached hydrogens (tertiary/aromatic N) is 1. The molecule has 190 valence electrons. The van der Waals surface area contributed by atoms with E-state index >= 15 is 0 Å². The average molecular weight is 476 g/mol. The summed E-state index contributed by atoms with van der Waals surface area (Å²) in [5.41, 5.74) is 1.97. The maximum atomic E-state index is 12.3. The Labute approximate surface area is 205 Å². The molecule has 1 aliphatic rings. The van der Waals surface area contributed by atoms with Crippen LogP contribution in [0, 0.1) is 18.8 Å². The second-order valence-corrected chi connectivity index (χ2v) is 9.81. The van der Waals surface area contributed by atoms with Gasteiger partial charge in [-0.1, -0.05) is 70.4 Å². The average Bonchev–Trinajstić information content (AvgIpc) is 2.83. The van der Waals surface area contributed by atoms with E-state index in [1.54, 1.807) is 13.0 Å². The van der Waals surface area contributed by atoms with Crippen molar-refractivity contribution < 1.29 is 18.3 Å². The molecule has 2 unspecified atom stereocenters. The van der Waals surface area contributed by atoms with Crippen LogP contribution >= 0.6 is 0 Å². The minimum Gasteiger partial charge on any atom is -0.431 e. The van der Waals surface area contributed by atoms with Crippen LogP contribution in [0.2, 0.25) is 0 Å². The number of halogens is 2. The van der Waals surface area contributed by atoms with Crippen LogP contribution in [0.15, 0.2) is 48.7 Å². The first-order chi connectivity index (χ1) is 16.2. The normalized spacial score (nSPS) is 20.1. The number of alkyl halides is 2. The molecule has 5 heteroatoms. The molecular formula is C29H43F2NO2. The number of hydrogen-bond donors (Lipinski definition) is 0. The first-order valence-electron chi connectivity index (χ1n) is 12.8. The Balaban J connectivity index is 0.000000287. The lowest BCUT2D eigenvalue weighted by atomic mass is 9.82. The van der Waals surface area contributed by atoms with E-state index in [2.05, 4.69) is 60.8 Å². The van der Waals surface area contributed by atoms with Gasteiger partial charge in [-0.2, -0.15) is 8.78 Å². The van der Waals surface area contributed by atoms with E-state index in [-0.39, 0.29) is 5.75 Å². The third kappa shape index (κ3) is 10.5. The zero-order valence-corrected chi connectivity index (χ0v) is 21.6. The molecule has 1 heterocycles. The van der Waals surface area contributed by atoms with Gasteiger partial charge in [-0.3, -0.25) is 4.98 Å². The van der Waals surface area contributed by atoms with Gasteiger partial charge in [0.25, 0.3) is 0 Å². The molecule has 0 saturated heterocycles. The van der Waals surface area contributed by atoms with E-state index < -0.39 is 6.11 Å². The zero-order chi connectivity index (χ0) is 25.0. The van der Waals surface area contributed by atoms with Gasteiger partial charge in [-0.15, -0.1) is 0 Å². The molecule has 0 spiro atoms. The standard InChI is InChI=1S/C21H34O.C8H9F2NO/c1-4-5-9-17(2)18(3)16-22-21-14-12-20(13-15-21)19-10-7-6-8-11-19;1-6-7(4-3-5-11-6)12-8(2,9)10/h6-8,10-11,17-18,20-21H,4-5,9,12-16H2,1-3H3;3-5H,1-2H3. The van der Waals surface area contributed by atoms with Crippen molar-refractivity contribution in [2.45, 2.75) is 97.7 Å². The topological polar surface area (TPSA) is 31.4 Å². The van der Waals surface area contributed by atoms with E-state index in [4.69, 9.17) is 4.74 Å². The lowest BCUT2D eigenvalue weighted by molar-refractivity contribution is -0.159. The molecule has 1 aromatic heterocycles. The first kappa shape index (κ1) is 28.2. The van der Waals surface area contributed by atoms with E-state index in [9.17, 15) is 8.78 Å². The molecular weight excluding hydrogens is 432 g/mol. The van der Waals surface area contributed by atoms with Gasteiger partial charge < -0.3 is 9.47 Å². The van der Waals surface area contributed by atoms with Gasteiger partial charge in [-0.05, 0) is 68.1 Å². The zero-order valence-electron chi connectivity index (χ0n) is 21.6. The van der Waals surface area contributed by atoms with Crippen molar-refractivity contribution in [1.82, 2.24) is 4.98 Å². The highest BCUT2D eigenvalue weighted by Crippen LogP contribution is 2.34. The molecule has 34 heavy (non-hydrogen) atoms. The van der Waals surface area contributed by atoms with Crippen LogP contribution < -0.4 is 4.74 Å². The molecule has 0 amide bonds. The van der Waals surface area contributed by atoms with Crippen molar-refractivity contribution in [2.75, 3.05) is 6.61 Å². The number of ether oxygens (including phenoxy) is 2. The van der Waals surface area contributed by atoms with E-state index in [0.717, 1.165) is 18.4 Å². The molecule has 1 saturated carbocycles. The van der Waals surface area contributed by atoms with Crippen LogP contribution in [0.4, 0.5) is 8.78 Å². The summed E-state index contributed by atoms with van der Waals surface area (Å²) in [6.07, 6.45) is 7.93. The van der Waals surface area contributed by atoms with Gasteiger partial charge in [0.2, 0.25) is 0 Å². The van der Waals surface area contributed by atoms with Crippen LogP contribution in [-0.2, 0) is 4.74 Å². The second-order valence-electron chi connectivity index (χ2n) is 9.81. The Hall–Kier alpha value is -2.01. The predicted octanol–water partition coefficient (Wildman–Crippen LogP) is 8.57. The SMILES string of the molecule is CCCCC(C)C(C)COC1CCC(c2ccccc2)CC1.Cc1ncccc1OC(C)(F)F. The fraction of sp³-hybridized carbons (Fsp3) is 0.621. The summed E-state index contributed by atoms with van der Waals surface area (Å²) < 4.78 is 35.2. The van der Waals surface area contributed by atoms with Crippen molar-refractivity contribution in [1.29, 1.82) is 0 Å². The maximum Gasteiger partial charge on any atom is 0.394 e. The van der Waals surface area contributed by atoms with Crippen LogP contribution in [0.5, 0.6) is 5.75 Å². The molecule has 1 fully saturated rings. The van der Waals surface area contributed by atoms with Crippen molar-refractivity contribution in [2.24, 2.45) is 11.8 Å². The minimum absolute atomic E-state index is 0.116. The van der Waals surface area contributed by atoms with Gasteiger partial charge in [0.05, 0.1) is 11.8 Å². The smallest absolute Gasteiger partial charge is 0.394 e. The number of aromatic nitrogens is 1. The first-order valence-corrected chi connectivity index (χ1v) is 12.8. The molecule has 1 aromatic carbocycles. The van der Waals surface area contributed by atoms with Crippen LogP contribution in [0.3, 0.4) is 0 Å². The Morgan fingerprint density at radius 2 is 1.68 bits per heavy atom. The van der Waals surface area contributed by atoms with Gasteiger partial charge in [0.15, 0.2) is 0 Å². The fourth-order valence-corrected chi connectivity index (χ4v) is 4.32. The van der Waals surface area contributed by atoms with Gasteiger partial charge in [0, 0.05) is 19.7 Å².